The molecule has 3 nitrogen and oxygen atoms in total. The Kier molecular flexibility index (Phi) is 3.62. The molecular weight excluding hydrogens is 258 g/mol. The Morgan fingerprint density at radius 2 is 1.95 bits per heavy atom. The molecule has 0 fully saturated rings. The van der Waals surface area contributed by atoms with Gasteiger partial charge in [-0.2, -0.15) is 5.26 Å². The molecule has 0 aliphatic heterocycles. The molecule has 1 aliphatic carbocycles. The number of rotatable bonds is 2. The third kappa shape index (κ3) is 2.50. The van der Waals surface area contributed by atoms with Gasteiger partial charge in [-0.15, -0.1) is 0 Å². The number of aromatic nitrogens is 1. The maximum absolute atomic E-state index is 9.47. The lowest BCUT2D eigenvalue weighted by Gasteiger charge is -2.24. The second-order valence-electron chi connectivity index (χ2n) is 5.63. The molecule has 0 radical (unpaired) electrons. The van der Waals surface area contributed by atoms with Crippen molar-refractivity contribution in [3.05, 3.63) is 52.7 Å². The van der Waals surface area contributed by atoms with Gasteiger partial charge in [0.1, 0.15) is 6.07 Å². The zero-order valence-corrected chi connectivity index (χ0v) is 12.6. The minimum Gasteiger partial charge on any atom is -0.328 e. The van der Waals surface area contributed by atoms with Crippen molar-refractivity contribution in [1.82, 2.24) is 4.98 Å². The molecular formula is C18H19N3. The summed E-state index contributed by atoms with van der Waals surface area (Å²) in [6.07, 6.45) is 4.47. The van der Waals surface area contributed by atoms with Crippen LogP contribution >= 0.6 is 0 Å². The Labute approximate surface area is 125 Å². The molecule has 3 rings (SSSR count). The highest BCUT2D eigenvalue weighted by molar-refractivity contribution is 5.68. The van der Waals surface area contributed by atoms with Crippen molar-refractivity contribution in [2.45, 2.75) is 32.6 Å². The van der Waals surface area contributed by atoms with Gasteiger partial charge in [-0.1, -0.05) is 18.2 Å². The van der Waals surface area contributed by atoms with Gasteiger partial charge in [0, 0.05) is 18.4 Å². The summed E-state index contributed by atoms with van der Waals surface area (Å²) in [7, 11) is 1.99. The Balaban J connectivity index is 2.09. The van der Waals surface area contributed by atoms with Crippen LogP contribution in [0.25, 0.3) is 0 Å². The van der Waals surface area contributed by atoms with E-state index < -0.39 is 0 Å². The predicted octanol–water partition coefficient (Wildman–Crippen LogP) is 3.91. The standard InChI is InChI=1S/C18H19N3/c1-13-7-3-6-10-17(13)21(2)18-15(12-19)11-14-8-4-5-9-16(14)20-18/h3,6-7,10-11H,4-5,8-9H2,1-2H3. The molecule has 1 aromatic carbocycles. The van der Waals surface area contributed by atoms with Crippen LogP contribution in [0.1, 0.15) is 35.2 Å². The summed E-state index contributed by atoms with van der Waals surface area (Å²) in [4.78, 5) is 6.84. The van der Waals surface area contributed by atoms with Crippen LogP contribution in [0.5, 0.6) is 0 Å². The first kappa shape index (κ1) is 13.6. The van der Waals surface area contributed by atoms with Crippen molar-refractivity contribution in [2.75, 3.05) is 11.9 Å². The van der Waals surface area contributed by atoms with Crippen LogP contribution < -0.4 is 4.90 Å². The number of benzene rings is 1. The van der Waals surface area contributed by atoms with E-state index in [2.05, 4.69) is 25.1 Å². The molecule has 106 valence electrons. The highest BCUT2D eigenvalue weighted by atomic mass is 15.2. The number of anilines is 2. The van der Waals surface area contributed by atoms with Gasteiger partial charge >= 0.3 is 0 Å². The van der Waals surface area contributed by atoms with E-state index in [-0.39, 0.29) is 0 Å². The fourth-order valence-electron chi connectivity index (χ4n) is 3.01. The molecule has 0 spiro atoms. The largest absolute Gasteiger partial charge is 0.328 e. The summed E-state index contributed by atoms with van der Waals surface area (Å²) < 4.78 is 0. The molecule has 0 atom stereocenters. The molecule has 3 heteroatoms. The maximum atomic E-state index is 9.47. The smallest absolute Gasteiger partial charge is 0.151 e. The average Bonchev–Trinajstić information content (AvgIpc) is 2.53. The van der Waals surface area contributed by atoms with E-state index in [1.165, 1.54) is 24.0 Å². The highest BCUT2D eigenvalue weighted by Crippen LogP contribution is 2.31. The summed E-state index contributed by atoms with van der Waals surface area (Å²) in [6, 6.07) is 12.5. The molecule has 0 saturated carbocycles. The minimum atomic E-state index is 0.668. The quantitative estimate of drug-likeness (QED) is 0.835. The van der Waals surface area contributed by atoms with Crippen LogP contribution in [0.2, 0.25) is 0 Å². The second kappa shape index (κ2) is 5.57. The van der Waals surface area contributed by atoms with Crippen LogP contribution in [0.3, 0.4) is 0 Å². The molecule has 1 aliphatic rings. The first-order chi connectivity index (χ1) is 10.2. The molecule has 0 amide bonds. The van der Waals surface area contributed by atoms with Crippen molar-refractivity contribution in [3.8, 4) is 6.07 Å². The van der Waals surface area contributed by atoms with Crippen LogP contribution in [0, 0.1) is 18.3 Å². The fourth-order valence-corrected chi connectivity index (χ4v) is 3.01. The summed E-state index contributed by atoms with van der Waals surface area (Å²) >= 11 is 0. The van der Waals surface area contributed by atoms with Gasteiger partial charge in [-0.25, -0.2) is 4.98 Å². The minimum absolute atomic E-state index is 0.668. The van der Waals surface area contributed by atoms with Crippen molar-refractivity contribution < 1.29 is 0 Å². The third-order valence-corrected chi connectivity index (χ3v) is 4.20. The van der Waals surface area contributed by atoms with Gasteiger partial charge in [0.15, 0.2) is 5.82 Å². The van der Waals surface area contributed by atoms with Gasteiger partial charge in [0.05, 0.1) is 5.56 Å². The zero-order valence-electron chi connectivity index (χ0n) is 12.6. The predicted molar refractivity (Wildman–Crippen MR) is 84.8 cm³/mol. The molecule has 0 unspecified atom stereocenters. The van der Waals surface area contributed by atoms with Crippen molar-refractivity contribution in [1.29, 1.82) is 5.26 Å². The summed E-state index contributed by atoms with van der Waals surface area (Å²) in [5.74, 6) is 0.771. The first-order valence-corrected chi connectivity index (χ1v) is 7.43. The van der Waals surface area contributed by atoms with Gasteiger partial charge in [0.25, 0.3) is 0 Å². The van der Waals surface area contributed by atoms with Gasteiger partial charge in [0.2, 0.25) is 0 Å². The molecule has 2 aromatic rings. The molecule has 1 heterocycles. The summed E-state index contributed by atoms with van der Waals surface area (Å²) in [5, 5.41) is 9.47. The zero-order chi connectivity index (χ0) is 14.8. The van der Waals surface area contributed by atoms with Crippen molar-refractivity contribution in [2.24, 2.45) is 0 Å². The van der Waals surface area contributed by atoms with E-state index in [4.69, 9.17) is 4.98 Å². The van der Waals surface area contributed by atoms with Gasteiger partial charge in [-0.05, 0) is 55.9 Å². The number of hydrogen-bond donors (Lipinski definition) is 0. The Bertz CT molecular complexity index is 713. The highest BCUT2D eigenvalue weighted by Gasteiger charge is 2.18. The van der Waals surface area contributed by atoms with E-state index in [9.17, 15) is 5.26 Å². The summed E-state index contributed by atoms with van der Waals surface area (Å²) in [6.45, 7) is 2.08. The lowest BCUT2D eigenvalue weighted by atomic mass is 9.95. The first-order valence-electron chi connectivity index (χ1n) is 7.43. The van der Waals surface area contributed by atoms with E-state index >= 15 is 0 Å². The molecule has 0 saturated heterocycles. The van der Waals surface area contributed by atoms with Gasteiger partial charge < -0.3 is 4.90 Å². The van der Waals surface area contributed by atoms with Gasteiger partial charge in [-0.3, -0.25) is 0 Å². The topological polar surface area (TPSA) is 39.9 Å². The number of aryl methyl sites for hydroxylation is 3. The van der Waals surface area contributed by atoms with Crippen LogP contribution in [-0.2, 0) is 12.8 Å². The lowest BCUT2D eigenvalue weighted by molar-refractivity contribution is 0.667. The van der Waals surface area contributed by atoms with Crippen LogP contribution in [-0.4, -0.2) is 12.0 Å². The van der Waals surface area contributed by atoms with E-state index in [0.717, 1.165) is 30.0 Å². The van der Waals surface area contributed by atoms with E-state index in [1.807, 2.05) is 30.1 Å². The van der Waals surface area contributed by atoms with E-state index in [1.54, 1.807) is 0 Å². The number of nitriles is 1. The third-order valence-electron chi connectivity index (χ3n) is 4.20. The van der Waals surface area contributed by atoms with E-state index in [0.29, 0.717) is 5.56 Å². The maximum Gasteiger partial charge on any atom is 0.151 e. The van der Waals surface area contributed by atoms with Crippen LogP contribution in [0.15, 0.2) is 30.3 Å². The average molecular weight is 277 g/mol. The lowest BCUT2D eigenvalue weighted by Crippen LogP contribution is -2.17. The molecule has 0 N–H and O–H groups in total. The van der Waals surface area contributed by atoms with Crippen molar-refractivity contribution in [3.63, 3.8) is 0 Å². The SMILES string of the molecule is Cc1ccccc1N(C)c1nc2c(cc1C#N)CCCC2. The Morgan fingerprint density at radius 3 is 2.71 bits per heavy atom. The number of nitrogens with zero attached hydrogens (tertiary/aromatic N) is 3. The fraction of sp³-hybridized carbons (Fsp3) is 0.333. The molecule has 21 heavy (non-hydrogen) atoms. The summed E-state index contributed by atoms with van der Waals surface area (Å²) in [5.41, 5.74) is 5.36. The molecule has 1 aromatic heterocycles. The Morgan fingerprint density at radius 1 is 1.19 bits per heavy atom. The monoisotopic (exact) mass is 277 g/mol. The number of pyridine rings is 1. The Hall–Kier alpha value is -2.34. The number of hydrogen-bond acceptors (Lipinski definition) is 3. The second-order valence-corrected chi connectivity index (χ2v) is 5.63. The van der Waals surface area contributed by atoms with Crippen molar-refractivity contribution >= 4 is 11.5 Å². The normalized spacial score (nSPS) is 13.4. The molecule has 0 bridgehead atoms. The number of para-hydroxylation sites is 1. The van der Waals surface area contributed by atoms with Crippen LogP contribution in [0.4, 0.5) is 11.5 Å². The number of fused-ring (bicyclic) bond motifs is 1.